The first-order valence-corrected chi connectivity index (χ1v) is 6.15. The maximum atomic E-state index is 12.0. The minimum atomic E-state index is -0.158. The molecule has 0 saturated heterocycles. The van der Waals surface area contributed by atoms with Crippen LogP contribution in [0.25, 0.3) is 5.57 Å². The molecule has 90 valence electrons. The summed E-state index contributed by atoms with van der Waals surface area (Å²) in [4.78, 5) is 13.5. The van der Waals surface area contributed by atoms with Gasteiger partial charge in [-0.05, 0) is 12.1 Å². The molecule has 0 bridgehead atoms. The molecule has 0 atom stereocenters. The van der Waals surface area contributed by atoms with Gasteiger partial charge in [0.2, 0.25) is 0 Å². The number of halogens is 2. The zero-order chi connectivity index (χ0) is 13.0. The number of rotatable bonds is 4. The average molecular weight is 315 g/mol. The predicted molar refractivity (Wildman–Crippen MR) is 76.0 cm³/mol. The standard InChI is InChI=1S/C13H13BrClNO/c1-4-7-16(3)13(17)9(2)11-6-5-10(14)8-12(11)15/h4-6,8H,1-2,7H2,3H3. The van der Waals surface area contributed by atoms with Crippen LogP contribution in [0.5, 0.6) is 0 Å². The van der Waals surface area contributed by atoms with Crippen molar-refractivity contribution in [1.82, 2.24) is 4.90 Å². The quantitative estimate of drug-likeness (QED) is 0.612. The number of hydrogen-bond acceptors (Lipinski definition) is 1. The highest BCUT2D eigenvalue weighted by atomic mass is 79.9. The Morgan fingerprint density at radius 2 is 2.24 bits per heavy atom. The molecule has 0 aliphatic heterocycles. The first kappa shape index (κ1) is 14.0. The van der Waals surface area contributed by atoms with Crippen LogP contribution in [0.2, 0.25) is 5.02 Å². The highest BCUT2D eigenvalue weighted by Gasteiger charge is 2.15. The lowest BCUT2D eigenvalue weighted by atomic mass is 10.1. The van der Waals surface area contributed by atoms with E-state index in [0.717, 1.165) is 4.47 Å². The fourth-order valence-electron chi connectivity index (χ4n) is 1.36. The summed E-state index contributed by atoms with van der Waals surface area (Å²) in [6, 6.07) is 5.34. The molecule has 0 aliphatic rings. The van der Waals surface area contributed by atoms with E-state index in [1.807, 2.05) is 6.07 Å². The fourth-order valence-corrected chi connectivity index (χ4v) is 2.14. The lowest BCUT2D eigenvalue weighted by molar-refractivity contribution is -0.123. The predicted octanol–water partition coefficient (Wildman–Crippen LogP) is 3.76. The highest BCUT2D eigenvalue weighted by molar-refractivity contribution is 9.10. The van der Waals surface area contributed by atoms with Gasteiger partial charge >= 0.3 is 0 Å². The summed E-state index contributed by atoms with van der Waals surface area (Å²) in [5.74, 6) is -0.158. The number of benzene rings is 1. The summed E-state index contributed by atoms with van der Waals surface area (Å²) in [6.45, 7) is 7.86. The molecule has 1 aromatic rings. The van der Waals surface area contributed by atoms with Crippen LogP contribution in [0.3, 0.4) is 0 Å². The molecule has 1 rings (SSSR count). The number of likely N-dealkylation sites (N-methyl/N-ethyl adjacent to an activating group) is 1. The topological polar surface area (TPSA) is 20.3 Å². The molecule has 1 amide bonds. The Labute approximate surface area is 115 Å². The van der Waals surface area contributed by atoms with Gasteiger partial charge in [-0.15, -0.1) is 6.58 Å². The minimum absolute atomic E-state index is 0.158. The van der Waals surface area contributed by atoms with Crippen molar-refractivity contribution in [3.8, 4) is 0 Å². The number of carbonyl (C=O) groups excluding carboxylic acids is 1. The Bertz CT molecular complexity index is 470. The fraction of sp³-hybridized carbons (Fsp3) is 0.154. The van der Waals surface area contributed by atoms with E-state index in [2.05, 4.69) is 29.1 Å². The summed E-state index contributed by atoms with van der Waals surface area (Å²) in [7, 11) is 1.70. The Hall–Kier alpha value is -1.06. The Balaban J connectivity index is 2.96. The second kappa shape index (κ2) is 6.03. The van der Waals surface area contributed by atoms with Crippen molar-refractivity contribution in [3.63, 3.8) is 0 Å². The molecule has 0 aliphatic carbocycles. The van der Waals surface area contributed by atoms with Crippen molar-refractivity contribution < 1.29 is 4.79 Å². The second-order valence-corrected chi connectivity index (χ2v) is 4.90. The zero-order valence-electron chi connectivity index (χ0n) is 9.54. The van der Waals surface area contributed by atoms with Gasteiger partial charge in [0.1, 0.15) is 0 Å². The van der Waals surface area contributed by atoms with Crippen molar-refractivity contribution in [2.75, 3.05) is 13.6 Å². The van der Waals surface area contributed by atoms with Gasteiger partial charge in [0.25, 0.3) is 5.91 Å². The maximum absolute atomic E-state index is 12.0. The smallest absolute Gasteiger partial charge is 0.253 e. The van der Waals surface area contributed by atoms with Gasteiger partial charge in [-0.1, -0.05) is 46.3 Å². The van der Waals surface area contributed by atoms with Crippen molar-refractivity contribution in [3.05, 3.63) is 52.5 Å². The van der Waals surface area contributed by atoms with Crippen LogP contribution in [0, 0.1) is 0 Å². The Morgan fingerprint density at radius 3 is 2.76 bits per heavy atom. The molecule has 1 aromatic carbocycles. The van der Waals surface area contributed by atoms with E-state index in [0.29, 0.717) is 22.7 Å². The van der Waals surface area contributed by atoms with Crippen LogP contribution in [0.15, 0.2) is 41.9 Å². The molecule has 0 heterocycles. The highest BCUT2D eigenvalue weighted by Crippen LogP contribution is 2.27. The van der Waals surface area contributed by atoms with Crippen LogP contribution >= 0.6 is 27.5 Å². The van der Waals surface area contributed by atoms with Crippen molar-refractivity contribution in [2.45, 2.75) is 0 Å². The molecular formula is C13H13BrClNO. The summed E-state index contributed by atoms with van der Waals surface area (Å²) in [5, 5.41) is 0.504. The van der Waals surface area contributed by atoms with E-state index in [-0.39, 0.29) is 5.91 Å². The van der Waals surface area contributed by atoms with Gasteiger partial charge in [-0.2, -0.15) is 0 Å². The molecule has 0 N–H and O–H groups in total. The number of nitrogens with zero attached hydrogens (tertiary/aromatic N) is 1. The zero-order valence-corrected chi connectivity index (χ0v) is 11.9. The monoisotopic (exact) mass is 313 g/mol. The van der Waals surface area contributed by atoms with E-state index in [4.69, 9.17) is 11.6 Å². The summed E-state index contributed by atoms with van der Waals surface area (Å²) in [6.07, 6.45) is 1.66. The SMILES string of the molecule is C=CCN(C)C(=O)C(=C)c1ccc(Br)cc1Cl. The second-order valence-electron chi connectivity index (χ2n) is 3.58. The average Bonchev–Trinajstić information content (AvgIpc) is 2.27. The van der Waals surface area contributed by atoms with E-state index in [9.17, 15) is 4.79 Å². The van der Waals surface area contributed by atoms with E-state index < -0.39 is 0 Å². The van der Waals surface area contributed by atoms with E-state index in [1.54, 1.807) is 25.3 Å². The maximum Gasteiger partial charge on any atom is 0.253 e. The number of carbonyl (C=O) groups is 1. The van der Waals surface area contributed by atoms with Gasteiger partial charge in [0.15, 0.2) is 0 Å². The van der Waals surface area contributed by atoms with Gasteiger partial charge < -0.3 is 4.90 Å². The molecule has 0 spiro atoms. The van der Waals surface area contributed by atoms with Crippen LogP contribution in [0.1, 0.15) is 5.56 Å². The summed E-state index contributed by atoms with van der Waals surface area (Å²) in [5.41, 5.74) is 1.03. The normalized spacial score (nSPS) is 9.82. The first-order valence-electron chi connectivity index (χ1n) is 4.98. The largest absolute Gasteiger partial charge is 0.338 e. The van der Waals surface area contributed by atoms with Crippen molar-refractivity contribution in [2.24, 2.45) is 0 Å². The third-order valence-electron chi connectivity index (χ3n) is 2.26. The Morgan fingerprint density at radius 1 is 1.59 bits per heavy atom. The van der Waals surface area contributed by atoms with Crippen LogP contribution < -0.4 is 0 Å². The van der Waals surface area contributed by atoms with Crippen molar-refractivity contribution >= 4 is 39.0 Å². The molecule has 2 nitrogen and oxygen atoms in total. The van der Waals surface area contributed by atoms with Crippen LogP contribution in [0.4, 0.5) is 0 Å². The van der Waals surface area contributed by atoms with Crippen LogP contribution in [-0.2, 0) is 4.79 Å². The summed E-state index contributed by atoms with van der Waals surface area (Å²) < 4.78 is 0.867. The van der Waals surface area contributed by atoms with Gasteiger partial charge in [0.05, 0.1) is 0 Å². The lowest BCUT2D eigenvalue weighted by Gasteiger charge is -2.17. The molecule has 0 aromatic heterocycles. The number of hydrogen-bond donors (Lipinski definition) is 0. The Kier molecular flexibility index (Phi) is 4.97. The third-order valence-corrected chi connectivity index (χ3v) is 3.07. The van der Waals surface area contributed by atoms with Crippen LogP contribution in [-0.4, -0.2) is 24.4 Å². The van der Waals surface area contributed by atoms with Gasteiger partial charge in [-0.25, -0.2) is 0 Å². The molecule has 0 fully saturated rings. The molecule has 4 heteroatoms. The third kappa shape index (κ3) is 3.45. The molecule has 0 radical (unpaired) electrons. The number of amides is 1. The van der Waals surface area contributed by atoms with Gasteiger partial charge in [0, 0.05) is 34.2 Å². The molecule has 0 unspecified atom stereocenters. The lowest BCUT2D eigenvalue weighted by Crippen LogP contribution is -2.27. The first-order chi connectivity index (χ1) is 7.97. The van der Waals surface area contributed by atoms with Gasteiger partial charge in [-0.3, -0.25) is 4.79 Å². The molecular weight excluding hydrogens is 302 g/mol. The van der Waals surface area contributed by atoms with E-state index >= 15 is 0 Å². The molecule has 0 saturated carbocycles. The summed E-state index contributed by atoms with van der Waals surface area (Å²) >= 11 is 9.38. The van der Waals surface area contributed by atoms with Crippen molar-refractivity contribution in [1.29, 1.82) is 0 Å². The minimum Gasteiger partial charge on any atom is -0.338 e. The molecule has 17 heavy (non-hydrogen) atoms. The van der Waals surface area contributed by atoms with E-state index in [1.165, 1.54) is 4.90 Å².